The average Bonchev–Trinajstić information content (AvgIpc) is 2.43. The molecule has 2 rings (SSSR count). The molecule has 98 valence electrons. The van der Waals surface area contributed by atoms with Crippen LogP contribution >= 0.6 is 0 Å². The van der Waals surface area contributed by atoms with Gasteiger partial charge in [-0.15, -0.1) is 0 Å². The number of rotatable bonds is 4. The van der Waals surface area contributed by atoms with Crippen molar-refractivity contribution in [1.29, 1.82) is 0 Å². The molecule has 3 heteroatoms. The zero-order chi connectivity index (χ0) is 13.3. The second-order valence-electron chi connectivity index (χ2n) is 5.06. The zero-order valence-corrected chi connectivity index (χ0v) is 11.4. The van der Waals surface area contributed by atoms with Crippen molar-refractivity contribution in [3.8, 4) is 11.5 Å². The fraction of sp³-hybridized carbons (Fsp3) is 0.533. The first-order valence-corrected chi connectivity index (χ1v) is 6.32. The largest absolute Gasteiger partial charge is 0.497 e. The molecule has 1 aromatic rings. The number of ether oxygens (including phenoxy) is 2. The number of Topliss-reactive ketones (excluding diaryl/α,β-unsaturated/α-hetero) is 1. The lowest BCUT2D eigenvalue weighted by atomic mass is 9.56. The van der Waals surface area contributed by atoms with Gasteiger partial charge in [0.05, 0.1) is 14.2 Å². The van der Waals surface area contributed by atoms with Gasteiger partial charge in [0.2, 0.25) is 0 Å². The Bertz CT molecular complexity index is 467. The van der Waals surface area contributed by atoms with E-state index < -0.39 is 0 Å². The van der Waals surface area contributed by atoms with Gasteiger partial charge in [0, 0.05) is 23.8 Å². The van der Waals surface area contributed by atoms with Gasteiger partial charge in [0.15, 0.2) is 0 Å². The lowest BCUT2D eigenvalue weighted by Gasteiger charge is -2.45. The monoisotopic (exact) mass is 248 g/mol. The highest BCUT2D eigenvalue weighted by atomic mass is 16.5. The van der Waals surface area contributed by atoms with Gasteiger partial charge in [0.25, 0.3) is 0 Å². The maximum atomic E-state index is 11.8. The number of carbonyl (C=O) groups is 1. The fourth-order valence-electron chi connectivity index (χ4n) is 2.71. The Hall–Kier alpha value is -1.51. The molecule has 0 aromatic heterocycles. The SMILES string of the molecule is CCC1(C)C(=O)CC1c1ccc(OC)cc1OC. The summed E-state index contributed by atoms with van der Waals surface area (Å²) >= 11 is 0. The maximum Gasteiger partial charge on any atom is 0.140 e. The Kier molecular flexibility index (Phi) is 3.33. The van der Waals surface area contributed by atoms with Gasteiger partial charge in [-0.2, -0.15) is 0 Å². The zero-order valence-electron chi connectivity index (χ0n) is 11.4. The van der Waals surface area contributed by atoms with E-state index >= 15 is 0 Å². The van der Waals surface area contributed by atoms with Crippen molar-refractivity contribution in [2.24, 2.45) is 5.41 Å². The van der Waals surface area contributed by atoms with Crippen molar-refractivity contribution in [1.82, 2.24) is 0 Å². The molecular weight excluding hydrogens is 228 g/mol. The summed E-state index contributed by atoms with van der Waals surface area (Å²) in [5.41, 5.74) is 0.879. The number of hydrogen-bond donors (Lipinski definition) is 0. The highest BCUT2D eigenvalue weighted by molar-refractivity contribution is 5.93. The predicted octanol–water partition coefficient (Wildman–Crippen LogP) is 3.18. The highest BCUT2D eigenvalue weighted by Crippen LogP contribution is 2.54. The van der Waals surface area contributed by atoms with Crippen LogP contribution in [0.5, 0.6) is 11.5 Å². The second kappa shape index (κ2) is 4.63. The van der Waals surface area contributed by atoms with Gasteiger partial charge in [-0.1, -0.05) is 19.9 Å². The molecule has 1 aromatic carbocycles. The molecule has 2 unspecified atom stereocenters. The number of hydrogen-bond acceptors (Lipinski definition) is 3. The predicted molar refractivity (Wildman–Crippen MR) is 70.3 cm³/mol. The molecule has 1 aliphatic carbocycles. The van der Waals surface area contributed by atoms with Crippen molar-refractivity contribution >= 4 is 5.78 Å². The van der Waals surface area contributed by atoms with E-state index in [1.165, 1.54) is 0 Å². The summed E-state index contributed by atoms with van der Waals surface area (Å²) in [7, 11) is 3.29. The van der Waals surface area contributed by atoms with E-state index in [0.717, 1.165) is 23.5 Å². The Morgan fingerprint density at radius 2 is 2.06 bits per heavy atom. The van der Waals surface area contributed by atoms with E-state index in [1.807, 2.05) is 25.1 Å². The number of ketones is 1. The van der Waals surface area contributed by atoms with Gasteiger partial charge in [-0.3, -0.25) is 4.79 Å². The minimum absolute atomic E-state index is 0.234. The molecule has 1 fully saturated rings. The molecule has 1 aliphatic rings. The van der Waals surface area contributed by atoms with Crippen LogP contribution in [0.15, 0.2) is 18.2 Å². The molecule has 0 saturated heterocycles. The van der Waals surface area contributed by atoms with E-state index in [9.17, 15) is 4.79 Å². The summed E-state index contributed by atoms with van der Waals surface area (Å²) < 4.78 is 10.6. The average molecular weight is 248 g/mol. The van der Waals surface area contributed by atoms with Crippen LogP contribution in [0.2, 0.25) is 0 Å². The van der Waals surface area contributed by atoms with Gasteiger partial charge in [0.1, 0.15) is 17.3 Å². The maximum absolute atomic E-state index is 11.8. The van der Waals surface area contributed by atoms with Crippen LogP contribution < -0.4 is 9.47 Å². The quantitative estimate of drug-likeness (QED) is 0.821. The third-order valence-electron chi connectivity index (χ3n) is 4.35. The number of benzene rings is 1. The van der Waals surface area contributed by atoms with Crippen LogP contribution in [0, 0.1) is 5.41 Å². The summed E-state index contributed by atoms with van der Waals surface area (Å²) in [5, 5.41) is 0. The molecule has 2 atom stereocenters. The molecule has 0 N–H and O–H groups in total. The Morgan fingerprint density at radius 3 is 2.56 bits per heavy atom. The van der Waals surface area contributed by atoms with Crippen LogP contribution in [-0.4, -0.2) is 20.0 Å². The van der Waals surface area contributed by atoms with Gasteiger partial charge >= 0.3 is 0 Å². The topological polar surface area (TPSA) is 35.5 Å². The minimum Gasteiger partial charge on any atom is -0.497 e. The summed E-state index contributed by atoms with van der Waals surface area (Å²) in [6.45, 7) is 4.12. The van der Waals surface area contributed by atoms with Crippen LogP contribution in [0.1, 0.15) is 38.2 Å². The molecule has 0 amide bonds. The third-order valence-corrected chi connectivity index (χ3v) is 4.35. The van der Waals surface area contributed by atoms with Crippen molar-refractivity contribution in [3.63, 3.8) is 0 Å². The molecule has 3 nitrogen and oxygen atoms in total. The lowest BCUT2D eigenvalue weighted by Crippen LogP contribution is -2.45. The second-order valence-corrected chi connectivity index (χ2v) is 5.06. The Balaban J connectivity index is 2.37. The molecule has 0 heterocycles. The summed E-state index contributed by atoms with van der Waals surface area (Å²) in [4.78, 5) is 11.8. The smallest absolute Gasteiger partial charge is 0.140 e. The molecule has 1 saturated carbocycles. The molecule has 0 radical (unpaired) electrons. The van der Waals surface area contributed by atoms with Gasteiger partial charge in [-0.25, -0.2) is 0 Å². The summed E-state index contributed by atoms with van der Waals surface area (Å²) in [6, 6.07) is 5.83. The Labute approximate surface area is 108 Å². The van der Waals surface area contributed by atoms with Crippen molar-refractivity contribution in [2.75, 3.05) is 14.2 Å². The van der Waals surface area contributed by atoms with Crippen LogP contribution in [-0.2, 0) is 4.79 Å². The third kappa shape index (κ3) is 1.78. The highest BCUT2D eigenvalue weighted by Gasteiger charge is 2.50. The lowest BCUT2D eigenvalue weighted by molar-refractivity contribution is -0.139. The van der Waals surface area contributed by atoms with Crippen LogP contribution in [0.4, 0.5) is 0 Å². The molecule has 0 spiro atoms. The van der Waals surface area contributed by atoms with Gasteiger partial charge < -0.3 is 9.47 Å². The summed E-state index contributed by atoms with van der Waals surface area (Å²) in [6.07, 6.45) is 1.48. The number of carbonyl (C=O) groups excluding carboxylic acids is 1. The van der Waals surface area contributed by atoms with Crippen molar-refractivity contribution in [2.45, 2.75) is 32.6 Å². The first-order chi connectivity index (χ1) is 8.56. The van der Waals surface area contributed by atoms with E-state index in [-0.39, 0.29) is 11.3 Å². The van der Waals surface area contributed by atoms with E-state index in [1.54, 1.807) is 14.2 Å². The van der Waals surface area contributed by atoms with E-state index in [2.05, 4.69) is 6.92 Å². The Morgan fingerprint density at radius 1 is 1.33 bits per heavy atom. The van der Waals surface area contributed by atoms with E-state index in [0.29, 0.717) is 12.2 Å². The van der Waals surface area contributed by atoms with Gasteiger partial charge in [-0.05, 0) is 18.1 Å². The summed E-state index contributed by atoms with van der Waals surface area (Å²) in [5.74, 6) is 2.20. The minimum atomic E-state index is -0.234. The van der Waals surface area contributed by atoms with E-state index in [4.69, 9.17) is 9.47 Å². The van der Waals surface area contributed by atoms with Crippen molar-refractivity contribution < 1.29 is 14.3 Å². The molecule has 0 aliphatic heterocycles. The van der Waals surface area contributed by atoms with Crippen LogP contribution in [0.25, 0.3) is 0 Å². The normalized spacial score (nSPS) is 26.7. The first kappa shape index (κ1) is 12.9. The number of methoxy groups -OCH3 is 2. The fourth-order valence-corrected chi connectivity index (χ4v) is 2.71. The molecule has 0 bridgehead atoms. The molecular formula is C15H20O3. The first-order valence-electron chi connectivity index (χ1n) is 6.32. The van der Waals surface area contributed by atoms with Crippen molar-refractivity contribution in [3.05, 3.63) is 23.8 Å². The molecule has 18 heavy (non-hydrogen) atoms. The van der Waals surface area contributed by atoms with Crippen LogP contribution in [0.3, 0.4) is 0 Å². The standard InChI is InChI=1S/C15H20O3/c1-5-15(2)12(9-14(15)16)11-7-6-10(17-3)8-13(11)18-4/h6-8,12H,5,9H2,1-4H3.